The van der Waals surface area contributed by atoms with Crippen molar-refractivity contribution >= 4 is 68.6 Å². The SMILES string of the molecule is CC[C@@H](/C=C/C(=O)Nc1nnc(C(F)(F)F)s1)CC(=O)[C@@H]1C[C@H](F)CN1C(=O)OC(C)(C)C.CC[C@@H](/C=C/C(=O)O)CC(=O)[C@@H]1C[C@H](F)CN1C(=O)OC(C)(C)C.Nc1nnc(C(F)(F)F)s1. The Morgan fingerprint density at radius 1 is 0.716 bits per heavy atom. The number of aromatic nitrogens is 4. The summed E-state index contributed by atoms with van der Waals surface area (Å²) in [6.45, 7) is 13.3. The van der Waals surface area contributed by atoms with Crippen LogP contribution in [0.5, 0.6) is 0 Å². The zero-order valence-corrected chi connectivity index (χ0v) is 39.4. The molecule has 0 bridgehead atoms. The normalized spacial score (nSPS) is 19.8. The van der Waals surface area contributed by atoms with E-state index in [9.17, 15) is 63.9 Å². The fraction of sp³-hybridized carbons (Fsp3) is 0.650. The molecule has 6 atom stereocenters. The standard InChI is InChI=1S/C20H26F4N4O4S.C17H26FNO5.C3H2F3N3S/c1-5-11(6-7-15(30)25-17-27-26-16(33-17)20(22,23)24)8-14(29)13-9-12(21)10-28(13)18(31)32-19(2,3)4;1-5-11(6-7-15(21)22)8-14(20)13-9-12(18)10-19(13)16(23)24-17(2,3)4;4-3(5,6)1-8-9-2(7)10-1/h6-7,11-13H,5,8-10H2,1-4H3,(H,25,27,30);6-7,11-13H,5,8-10H2,1-4H3,(H,21,22);(H2,7,9)/b2*7-6+;/t2*11-,12-,13-;/m00./s1. The average molecular weight is 1010 g/mol. The van der Waals surface area contributed by atoms with E-state index < -0.39 is 88.0 Å². The summed E-state index contributed by atoms with van der Waals surface area (Å²) in [5.74, 6) is -3.11. The van der Waals surface area contributed by atoms with Crippen LogP contribution >= 0.6 is 22.7 Å². The molecule has 2 aliphatic rings. The van der Waals surface area contributed by atoms with Crippen molar-refractivity contribution in [2.45, 2.75) is 142 Å². The van der Waals surface area contributed by atoms with Gasteiger partial charge in [0.05, 0.1) is 25.2 Å². The van der Waals surface area contributed by atoms with E-state index in [2.05, 4.69) is 25.7 Å². The summed E-state index contributed by atoms with van der Waals surface area (Å²) >= 11 is 0.516. The third-order valence-electron chi connectivity index (χ3n) is 9.09. The number of rotatable bonds is 13. The predicted octanol–water partition coefficient (Wildman–Crippen LogP) is 8.48. The highest BCUT2D eigenvalue weighted by Crippen LogP contribution is 2.34. The number of nitrogens with two attached hydrogens (primary N) is 1. The van der Waals surface area contributed by atoms with E-state index in [0.717, 1.165) is 22.0 Å². The first-order valence-corrected chi connectivity index (χ1v) is 22.2. The van der Waals surface area contributed by atoms with Gasteiger partial charge in [0, 0.05) is 31.8 Å². The van der Waals surface area contributed by atoms with E-state index in [4.69, 9.17) is 20.3 Å². The molecule has 3 amide bonds. The Balaban J connectivity index is 0.000000393. The van der Waals surface area contributed by atoms with Gasteiger partial charge in [-0.2, -0.15) is 26.3 Å². The summed E-state index contributed by atoms with van der Waals surface area (Å²) in [6, 6.07) is -1.82. The number of alkyl halides is 8. The van der Waals surface area contributed by atoms with Crippen LogP contribution in [0.3, 0.4) is 0 Å². The van der Waals surface area contributed by atoms with Crippen molar-refractivity contribution < 1.29 is 78.5 Å². The molecule has 376 valence electrons. The Kier molecular flexibility index (Phi) is 21.2. The lowest BCUT2D eigenvalue weighted by atomic mass is 9.94. The molecule has 67 heavy (non-hydrogen) atoms. The lowest BCUT2D eigenvalue weighted by Crippen LogP contribution is -2.43. The first-order valence-electron chi connectivity index (χ1n) is 20.5. The summed E-state index contributed by atoms with van der Waals surface area (Å²) in [5.41, 5.74) is 3.40. The monoisotopic (exact) mass is 1010 g/mol. The number of anilines is 2. The second kappa shape index (κ2) is 24.6. The molecule has 2 aromatic rings. The number of carboxylic acids is 1. The number of halogens is 8. The Morgan fingerprint density at radius 3 is 1.45 bits per heavy atom. The number of aliphatic carboxylic acids is 1. The minimum Gasteiger partial charge on any atom is -0.478 e. The van der Waals surface area contributed by atoms with Crippen LogP contribution in [-0.4, -0.2) is 120 Å². The van der Waals surface area contributed by atoms with Gasteiger partial charge in [-0.15, -0.1) is 20.4 Å². The van der Waals surface area contributed by atoms with E-state index in [1.54, 1.807) is 48.5 Å². The lowest BCUT2D eigenvalue weighted by Gasteiger charge is -2.28. The van der Waals surface area contributed by atoms with Gasteiger partial charge in [0.1, 0.15) is 23.5 Å². The Bertz CT molecular complexity index is 2070. The second-order valence-corrected chi connectivity index (χ2v) is 19.0. The number of allylic oxidation sites excluding steroid dienone is 2. The zero-order chi connectivity index (χ0) is 51.2. The number of carboxylic acid groups (broad SMARTS) is 1. The predicted molar refractivity (Wildman–Crippen MR) is 228 cm³/mol. The Hall–Kier alpha value is -5.34. The summed E-state index contributed by atoms with van der Waals surface area (Å²) in [7, 11) is 0. The molecule has 27 heteroatoms. The molecule has 0 aromatic carbocycles. The fourth-order valence-corrected chi connectivity index (χ4v) is 7.13. The summed E-state index contributed by atoms with van der Waals surface area (Å²) in [4.78, 5) is 74.7. The van der Waals surface area contributed by atoms with Gasteiger partial charge in [-0.25, -0.2) is 23.2 Å². The Morgan fingerprint density at radius 2 is 1.12 bits per heavy atom. The summed E-state index contributed by atoms with van der Waals surface area (Å²) in [5, 5.41) is 20.2. The number of carbonyl (C=O) groups excluding carboxylic acids is 5. The number of hydrogen-bond acceptors (Lipinski definition) is 15. The number of hydrogen-bond donors (Lipinski definition) is 3. The van der Waals surface area contributed by atoms with Crippen LogP contribution in [0, 0.1) is 11.8 Å². The van der Waals surface area contributed by atoms with Gasteiger partial charge in [0.25, 0.3) is 0 Å². The number of nitrogen functional groups attached to an aromatic ring is 1. The average Bonchev–Trinajstić information content (AvgIpc) is 4.01. The van der Waals surface area contributed by atoms with E-state index >= 15 is 0 Å². The van der Waals surface area contributed by atoms with E-state index in [0.29, 0.717) is 24.2 Å². The minimum absolute atomic E-state index is 0.0445. The highest BCUT2D eigenvalue weighted by molar-refractivity contribution is 7.15. The van der Waals surface area contributed by atoms with Gasteiger partial charge < -0.3 is 20.3 Å². The van der Waals surface area contributed by atoms with Crippen LogP contribution in [0.1, 0.15) is 104 Å². The number of nitrogens with zero attached hydrogens (tertiary/aromatic N) is 6. The smallest absolute Gasteiger partial charge is 0.445 e. The van der Waals surface area contributed by atoms with Gasteiger partial charge in [-0.05, 0) is 72.3 Å². The third-order valence-corrected chi connectivity index (χ3v) is 10.8. The molecule has 2 saturated heterocycles. The number of nitrogens with one attached hydrogen (secondary N) is 1. The molecular weight excluding hydrogens is 953 g/mol. The molecule has 0 aliphatic carbocycles. The third kappa shape index (κ3) is 20.6. The molecule has 0 saturated carbocycles. The molecule has 0 spiro atoms. The molecule has 4 rings (SSSR count). The number of ether oxygens (including phenoxy) is 2. The van der Waals surface area contributed by atoms with Crippen molar-refractivity contribution in [2.75, 3.05) is 24.1 Å². The maximum absolute atomic E-state index is 14.0. The van der Waals surface area contributed by atoms with Gasteiger partial charge in [-0.1, -0.05) is 48.7 Å². The van der Waals surface area contributed by atoms with E-state index in [-0.39, 0.29) is 77.9 Å². The molecule has 0 radical (unpaired) electrons. The van der Waals surface area contributed by atoms with Gasteiger partial charge in [0.2, 0.25) is 26.2 Å². The molecule has 17 nitrogen and oxygen atoms in total. The van der Waals surface area contributed by atoms with Crippen LogP contribution in [-0.2, 0) is 41.0 Å². The molecule has 4 heterocycles. The lowest BCUT2D eigenvalue weighted by molar-refractivity contribution is -0.138. The van der Waals surface area contributed by atoms with Gasteiger partial charge in [-0.3, -0.25) is 29.5 Å². The summed E-state index contributed by atoms with van der Waals surface area (Å²) in [6.07, 6.45) is -7.27. The number of ketones is 2. The first-order chi connectivity index (χ1) is 30.7. The van der Waals surface area contributed by atoms with Crippen molar-refractivity contribution in [3.8, 4) is 0 Å². The van der Waals surface area contributed by atoms with Crippen LogP contribution in [0.25, 0.3) is 0 Å². The Labute approximate surface area is 388 Å². The van der Waals surface area contributed by atoms with Crippen LogP contribution in [0.4, 0.5) is 55.0 Å². The van der Waals surface area contributed by atoms with Crippen molar-refractivity contribution in [3.63, 3.8) is 0 Å². The number of likely N-dealkylation sites (tertiary alicyclic amines) is 2. The highest BCUT2D eigenvalue weighted by Gasteiger charge is 2.43. The zero-order valence-electron chi connectivity index (χ0n) is 37.7. The van der Waals surface area contributed by atoms with Crippen molar-refractivity contribution in [2.24, 2.45) is 11.8 Å². The molecule has 4 N–H and O–H groups in total. The topological polar surface area (TPSA) is 237 Å². The maximum atomic E-state index is 14.0. The van der Waals surface area contributed by atoms with Crippen LogP contribution < -0.4 is 11.1 Å². The van der Waals surface area contributed by atoms with Gasteiger partial charge in [0.15, 0.2) is 11.6 Å². The molecule has 0 unspecified atom stereocenters. The van der Waals surface area contributed by atoms with E-state index in [1.165, 1.54) is 12.2 Å². The van der Waals surface area contributed by atoms with Crippen LogP contribution in [0.15, 0.2) is 24.3 Å². The van der Waals surface area contributed by atoms with E-state index in [1.807, 2.05) is 6.92 Å². The molecule has 2 fully saturated rings. The first kappa shape index (κ1) is 57.8. The van der Waals surface area contributed by atoms with Crippen LogP contribution in [0.2, 0.25) is 0 Å². The summed E-state index contributed by atoms with van der Waals surface area (Å²) < 4.78 is 111. The fourth-order valence-electron chi connectivity index (χ4n) is 6.04. The van der Waals surface area contributed by atoms with Crippen molar-refractivity contribution in [3.05, 3.63) is 34.3 Å². The second-order valence-electron chi connectivity index (χ2n) is 17.0. The van der Waals surface area contributed by atoms with Gasteiger partial charge >= 0.3 is 30.5 Å². The number of amides is 3. The largest absolute Gasteiger partial charge is 0.478 e. The van der Waals surface area contributed by atoms with Crippen molar-refractivity contribution in [1.82, 2.24) is 30.2 Å². The quantitative estimate of drug-likeness (QED) is 0.126. The highest BCUT2D eigenvalue weighted by atomic mass is 32.1. The molecule has 2 aromatic heterocycles. The maximum Gasteiger partial charge on any atom is 0.445 e. The molecular formula is C40H54F8N8O9S2. The number of Topliss-reactive ketones (excluding diaryl/α,β-unsaturated/α-hetero) is 2. The number of carbonyl (C=O) groups is 6. The molecule has 2 aliphatic heterocycles. The van der Waals surface area contributed by atoms with Crippen molar-refractivity contribution in [1.29, 1.82) is 0 Å². The minimum atomic E-state index is -4.66.